The highest BCUT2D eigenvalue weighted by Gasteiger charge is 2.25. The van der Waals surface area contributed by atoms with Crippen LogP contribution in [0.4, 0.5) is 0 Å². The van der Waals surface area contributed by atoms with E-state index in [1.54, 1.807) is 0 Å². The molecule has 1 aromatic rings. The molecule has 2 nitrogen and oxygen atoms in total. The summed E-state index contributed by atoms with van der Waals surface area (Å²) in [7, 11) is 2.00. The fraction of sp³-hybridized carbons (Fsp3) is 0.700. The Morgan fingerprint density at radius 2 is 1.87 bits per heavy atom. The van der Waals surface area contributed by atoms with Crippen molar-refractivity contribution in [3.8, 4) is 0 Å². The van der Waals surface area contributed by atoms with Crippen LogP contribution >= 0.6 is 47.8 Å². The van der Waals surface area contributed by atoms with E-state index < -0.39 is 0 Å². The van der Waals surface area contributed by atoms with Crippen LogP contribution < -0.4 is 0 Å². The molecule has 0 aromatic carbocycles. The molecular weight excluding hydrogens is 388 g/mol. The van der Waals surface area contributed by atoms with Gasteiger partial charge in [-0.25, -0.2) is 0 Å². The first-order chi connectivity index (χ1) is 6.93. The zero-order valence-corrected chi connectivity index (χ0v) is 13.9. The smallest absolute Gasteiger partial charge is 0.0738 e. The summed E-state index contributed by atoms with van der Waals surface area (Å²) in [6.45, 7) is 4.28. The molecule has 0 saturated carbocycles. The molecule has 1 heterocycles. The van der Waals surface area contributed by atoms with E-state index in [1.165, 1.54) is 5.69 Å². The number of aryl methyl sites for hydroxylation is 2. The molecule has 0 bridgehead atoms. The molecule has 1 aromatic heterocycles. The fourth-order valence-corrected chi connectivity index (χ4v) is 3.21. The highest BCUT2D eigenvalue weighted by atomic mass is 79.9. The minimum Gasteiger partial charge on any atom is -0.271 e. The van der Waals surface area contributed by atoms with E-state index in [1.807, 2.05) is 18.7 Å². The van der Waals surface area contributed by atoms with Gasteiger partial charge in [0.15, 0.2) is 0 Å². The van der Waals surface area contributed by atoms with Gasteiger partial charge in [-0.1, -0.05) is 38.8 Å². The SMILES string of the molecule is Cc1nn(C)c(CC(C)(CBr)CBr)c1Br. The molecule has 0 spiro atoms. The summed E-state index contributed by atoms with van der Waals surface area (Å²) in [5.74, 6) is 0. The number of halogens is 3. The Bertz CT molecular complexity index is 343. The van der Waals surface area contributed by atoms with Gasteiger partial charge < -0.3 is 0 Å². The van der Waals surface area contributed by atoms with Crippen LogP contribution in [-0.4, -0.2) is 20.4 Å². The van der Waals surface area contributed by atoms with Crippen molar-refractivity contribution >= 4 is 47.8 Å². The number of rotatable bonds is 4. The van der Waals surface area contributed by atoms with Gasteiger partial charge in [-0.15, -0.1) is 0 Å². The maximum absolute atomic E-state index is 4.40. The van der Waals surface area contributed by atoms with Crippen LogP contribution in [0.5, 0.6) is 0 Å². The molecule has 86 valence electrons. The Labute approximate surface area is 116 Å². The molecule has 0 aliphatic rings. The maximum Gasteiger partial charge on any atom is 0.0738 e. The molecule has 5 heteroatoms. The van der Waals surface area contributed by atoms with Crippen LogP contribution in [0, 0.1) is 12.3 Å². The lowest BCUT2D eigenvalue weighted by Gasteiger charge is -2.24. The van der Waals surface area contributed by atoms with E-state index in [9.17, 15) is 0 Å². The van der Waals surface area contributed by atoms with E-state index in [0.717, 1.165) is 27.2 Å². The summed E-state index contributed by atoms with van der Waals surface area (Å²) in [6, 6.07) is 0. The second-order valence-electron chi connectivity index (χ2n) is 4.22. The Hall–Kier alpha value is 0.650. The number of aromatic nitrogens is 2. The van der Waals surface area contributed by atoms with Crippen molar-refractivity contribution in [3.63, 3.8) is 0 Å². The summed E-state index contributed by atoms with van der Waals surface area (Å²) in [4.78, 5) is 0. The molecule has 0 amide bonds. The topological polar surface area (TPSA) is 17.8 Å². The first-order valence-corrected chi connectivity index (χ1v) is 7.77. The monoisotopic (exact) mass is 400 g/mol. The molecule has 0 aliphatic heterocycles. The first kappa shape index (κ1) is 13.7. The minimum atomic E-state index is 0.225. The quantitative estimate of drug-likeness (QED) is 0.700. The molecule has 0 saturated heterocycles. The van der Waals surface area contributed by atoms with Crippen molar-refractivity contribution in [1.82, 2.24) is 9.78 Å². The van der Waals surface area contributed by atoms with Crippen LogP contribution in [-0.2, 0) is 13.5 Å². The van der Waals surface area contributed by atoms with Gasteiger partial charge in [-0.05, 0) is 34.7 Å². The third kappa shape index (κ3) is 3.07. The van der Waals surface area contributed by atoms with Crippen LogP contribution in [0.1, 0.15) is 18.3 Å². The third-order valence-corrected chi connectivity index (χ3v) is 6.24. The van der Waals surface area contributed by atoms with E-state index in [0.29, 0.717) is 0 Å². The molecule has 0 N–H and O–H groups in total. The van der Waals surface area contributed by atoms with E-state index in [-0.39, 0.29) is 5.41 Å². The molecule has 1 rings (SSSR count). The number of hydrogen-bond donors (Lipinski definition) is 0. The Morgan fingerprint density at radius 3 is 2.20 bits per heavy atom. The zero-order chi connectivity index (χ0) is 11.6. The van der Waals surface area contributed by atoms with Crippen molar-refractivity contribution in [3.05, 3.63) is 15.9 Å². The standard InChI is InChI=1S/C10H15Br3N2/c1-7-9(13)8(15(3)14-7)4-10(2,5-11)6-12/h4-6H2,1-3H3. The van der Waals surface area contributed by atoms with Crippen LogP contribution in [0.2, 0.25) is 0 Å². The number of hydrogen-bond acceptors (Lipinski definition) is 1. The highest BCUT2D eigenvalue weighted by Crippen LogP contribution is 2.31. The van der Waals surface area contributed by atoms with Gasteiger partial charge >= 0.3 is 0 Å². The molecular formula is C10H15Br3N2. The van der Waals surface area contributed by atoms with Gasteiger partial charge in [-0.2, -0.15) is 5.10 Å². The van der Waals surface area contributed by atoms with Crippen molar-refractivity contribution < 1.29 is 0 Å². The van der Waals surface area contributed by atoms with Crippen LogP contribution in [0.25, 0.3) is 0 Å². The summed E-state index contributed by atoms with van der Waals surface area (Å²) in [5, 5.41) is 6.35. The predicted molar refractivity (Wildman–Crippen MR) is 75.0 cm³/mol. The highest BCUT2D eigenvalue weighted by molar-refractivity contribution is 9.10. The maximum atomic E-state index is 4.40. The van der Waals surface area contributed by atoms with E-state index in [2.05, 4.69) is 59.8 Å². The second-order valence-corrected chi connectivity index (χ2v) is 6.14. The Balaban J connectivity index is 2.98. The van der Waals surface area contributed by atoms with Crippen molar-refractivity contribution in [2.75, 3.05) is 10.7 Å². The summed E-state index contributed by atoms with van der Waals surface area (Å²) in [6.07, 6.45) is 1.00. The average molecular weight is 403 g/mol. The average Bonchev–Trinajstić information content (AvgIpc) is 2.45. The lowest BCUT2D eigenvalue weighted by atomic mass is 9.90. The molecule has 0 atom stereocenters. The minimum absolute atomic E-state index is 0.225. The second kappa shape index (κ2) is 5.32. The van der Waals surface area contributed by atoms with Crippen LogP contribution in [0.3, 0.4) is 0 Å². The predicted octanol–water partition coefficient (Wildman–Crippen LogP) is 3.83. The van der Waals surface area contributed by atoms with Crippen molar-refractivity contribution in [1.29, 1.82) is 0 Å². The third-order valence-electron chi connectivity index (χ3n) is 2.50. The summed E-state index contributed by atoms with van der Waals surface area (Å²) >= 11 is 10.7. The normalized spacial score (nSPS) is 12.1. The lowest BCUT2D eigenvalue weighted by Crippen LogP contribution is -2.24. The molecule has 0 unspecified atom stereocenters. The molecule has 0 aliphatic carbocycles. The van der Waals surface area contributed by atoms with Gasteiger partial charge in [0, 0.05) is 17.7 Å². The summed E-state index contributed by atoms with van der Waals surface area (Å²) < 4.78 is 3.10. The molecule has 15 heavy (non-hydrogen) atoms. The largest absolute Gasteiger partial charge is 0.271 e. The molecule has 0 radical (unpaired) electrons. The van der Waals surface area contributed by atoms with Crippen LogP contribution in [0.15, 0.2) is 4.47 Å². The Morgan fingerprint density at radius 1 is 1.33 bits per heavy atom. The first-order valence-electron chi connectivity index (χ1n) is 4.73. The van der Waals surface area contributed by atoms with Gasteiger partial charge in [0.25, 0.3) is 0 Å². The Kier molecular flexibility index (Phi) is 4.86. The van der Waals surface area contributed by atoms with E-state index >= 15 is 0 Å². The lowest BCUT2D eigenvalue weighted by molar-refractivity contribution is 0.422. The van der Waals surface area contributed by atoms with Crippen molar-refractivity contribution in [2.24, 2.45) is 12.5 Å². The number of nitrogens with zero attached hydrogens (tertiary/aromatic N) is 2. The van der Waals surface area contributed by atoms with Gasteiger partial charge in [-0.3, -0.25) is 4.68 Å². The van der Waals surface area contributed by atoms with Crippen molar-refractivity contribution in [2.45, 2.75) is 20.3 Å². The van der Waals surface area contributed by atoms with Gasteiger partial charge in [0.1, 0.15) is 0 Å². The van der Waals surface area contributed by atoms with E-state index in [4.69, 9.17) is 0 Å². The summed E-state index contributed by atoms with van der Waals surface area (Å²) in [5.41, 5.74) is 2.54. The fourth-order valence-electron chi connectivity index (χ4n) is 1.41. The zero-order valence-electron chi connectivity index (χ0n) is 9.15. The van der Waals surface area contributed by atoms with Gasteiger partial charge in [0.05, 0.1) is 15.9 Å². The number of alkyl halides is 2. The molecule has 0 fully saturated rings. The van der Waals surface area contributed by atoms with Gasteiger partial charge in [0.2, 0.25) is 0 Å².